The van der Waals surface area contributed by atoms with E-state index in [0.717, 1.165) is 11.1 Å². The highest BCUT2D eigenvalue weighted by Gasteiger charge is 2.30. The Morgan fingerprint density at radius 1 is 1.16 bits per heavy atom. The van der Waals surface area contributed by atoms with Gasteiger partial charge in [-0.15, -0.1) is 0 Å². The number of benzene rings is 2. The molecule has 2 aromatic rings. The Bertz CT molecular complexity index is 776. The predicted octanol–water partition coefficient (Wildman–Crippen LogP) is 2.13. The molecule has 25 heavy (non-hydrogen) atoms. The molecule has 3 rings (SSSR count). The molecule has 0 aromatic heterocycles. The van der Waals surface area contributed by atoms with E-state index in [2.05, 4.69) is 10.6 Å². The molecule has 1 aliphatic heterocycles. The van der Waals surface area contributed by atoms with Crippen molar-refractivity contribution >= 4 is 11.9 Å². The normalized spacial score (nSPS) is 19.4. The lowest BCUT2D eigenvalue weighted by Gasteiger charge is -2.12. The molecule has 0 bridgehead atoms. The highest BCUT2D eigenvalue weighted by molar-refractivity contribution is 5.95. The highest BCUT2D eigenvalue weighted by atomic mass is 19.1. The summed E-state index contributed by atoms with van der Waals surface area (Å²) in [6.07, 6.45) is 0.500. The molecule has 0 radical (unpaired) electrons. The van der Waals surface area contributed by atoms with Crippen molar-refractivity contribution in [2.75, 3.05) is 13.7 Å². The fraction of sp³-hybridized carbons (Fsp3) is 0.263. The van der Waals surface area contributed by atoms with Crippen molar-refractivity contribution in [3.05, 3.63) is 59.9 Å². The maximum absolute atomic E-state index is 13.3. The number of hydrogen-bond acceptors (Lipinski definition) is 4. The van der Waals surface area contributed by atoms with Crippen LogP contribution in [0.5, 0.6) is 0 Å². The zero-order chi connectivity index (χ0) is 17.8. The van der Waals surface area contributed by atoms with E-state index in [0.29, 0.717) is 18.5 Å². The smallest absolute Gasteiger partial charge is 0.322 e. The van der Waals surface area contributed by atoms with Crippen LogP contribution in [0.25, 0.3) is 11.1 Å². The van der Waals surface area contributed by atoms with Gasteiger partial charge in [-0.2, -0.15) is 0 Å². The van der Waals surface area contributed by atoms with E-state index >= 15 is 0 Å². The van der Waals surface area contributed by atoms with Crippen LogP contribution in [-0.4, -0.2) is 37.6 Å². The molecule has 0 unspecified atom stereocenters. The van der Waals surface area contributed by atoms with Gasteiger partial charge in [-0.05, 0) is 41.8 Å². The van der Waals surface area contributed by atoms with E-state index in [4.69, 9.17) is 4.74 Å². The van der Waals surface area contributed by atoms with Crippen LogP contribution < -0.4 is 10.6 Å². The zero-order valence-corrected chi connectivity index (χ0v) is 13.8. The van der Waals surface area contributed by atoms with E-state index in [-0.39, 0.29) is 29.8 Å². The van der Waals surface area contributed by atoms with Crippen molar-refractivity contribution in [2.45, 2.75) is 18.5 Å². The van der Waals surface area contributed by atoms with E-state index in [1.54, 1.807) is 30.3 Å². The minimum Gasteiger partial charge on any atom is -0.468 e. The lowest BCUT2D eigenvalue weighted by Crippen LogP contribution is -2.36. The quantitative estimate of drug-likeness (QED) is 0.836. The maximum Gasteiger partial charge on any atom is 0.322 e. The van der Waals surface area contributed by atoms with Gasteiger partial charge in [0.2, 0.25) is 0 Å². The predicted molar refractivity (Wildman–Crippen MR) is 91.5 cm³/mol. The Morgan fingerprint density at radius 2 is 1.92 bits per heavy atom. The molecule has 0 spiro atoms. The first-order valence-electron chi connectivity index (χ1n) is 8.05. The lowest BCUT2D eigenvalue weighted by atomic mass is 10.0. The van der Waals surface area contributed by atoms with Crippen LogP contribution >= 0.6 is 0 Å². The number of nitrogens with one attached hydrogen (secondary N) is 2. The number of amides is 1. The Balaban J connectivity index is 1.63. The van der Waals surface area contributed by atoms with Gasteiger partial charge in [-0.1, -0.05) is 24.3 Å². The largest absolute Gasteiger partial charge is 0.468 e. The Kier molecular flexibility index (Phi) is 5.09. The van der Waals surface area contributed by atoms with E-state index in [1.807, 2.05) is 6.07 Å². The number of halogens is 1. The number of ether oxygens (including phenoxy) is 1. The average Bonchev–Trinajstić information content (AvgIpc) is 3.09. The third-order valence-corrected chi connectivity index (χ3v) is 4.26. The summed E-state index contributed by atoms with van der Waals surface area (Å²) in [6.45, 7) is 0.521. The molecule has 2 aromatic carbocycles. The Labute approximate surface area is 145 Å². The van der Waals surface area contributed by atoms with Crippen LogP contribution in [0.2, 0.25) is 0 Å². The van der Waals surface area contributed by atoms with Crippen molar-refractivity contribution in [1.82, 2.24) is 10.6 Å². The first-order chi connectivity index (χ1) is 12.1. The summed E-state index contributed by atoms with van der Waals surface area (Å²) in [5.74, 6) is -0.826. The first-order valence-corrected chi connectivity index (χ1v) is 8.05. The number of methoxy groups -OCH3 is 1. The van der Waals surface area contributed by atoms with Crippen molar-refractivity contribution in [3.8, 4) is 11.1 Å². The molecule has 1 amide bonds. The molecule has 2 N–H and O–H groups in total. The van der Waals surface area contributed by atoms with Gasteiger partial charge < -0.3 is 15.4 Å². The summed E-state index contributed by atoms with van der Waals surface area (Å²) >= 11 is 0. The van der Waals surface area contributed by atoms with Crippen LogP contribution in [0.1, 0.15) is 16.8 Å². The molecular weight excluding hydrogens is 323 g/mol. The Morgan fingerprint density at radius 3 is 2.60 bits per heavy atom. The standard InChI is InChI=1S/C19H19FN2O3/c1-25-19(24)17-10-16(11-21-17)22-18(23)13-7-5-12(6-8-13)14-3-2-4-15(20)9-14/h2-9,16-17,21H,10-11H2,1H3,(H,22,23)/t16-,17-/m0/s1. The molecule has 1 fully saturated rings. The van der Waals surface area contributed by atoms with Gasteiger partial charge in [0.1, 0.15) is 11.9 Å². The summed E-state index contributed by atoms with van der Waals surface area (Å²) in [5, 5.41) is 5.93. The van der Waals surface area contributed by atoms with Crippen molar-refractivity contribution in [2.24, 2.45) is 0 Å². The maximum atomic E-state index is 13.3. The van der Waals surface area contributed by atoms with Gasteiger partial charge in [0.25, 0.3) is 5.91 Å². The van der Waals surface area contributed by atoms with Crippen LogP contribution in [0.15, 0.2) is 48.5 Å². The van der Waals surface area contributed by atoms with Crippen molar-refractivity contribution < 1.29 is 18.7 Å². The van der Waals surface area contributed by atoms with E-state index in [1.165, 1.54) is 19.2 Å². The van der Waals surface area contributed by atoms with Crippen LogP contribution in [0, 0.1) is 5.82 Å². The third-order valence-electron chi connectivity index (χ3n) is 4.26. The fourth-order valence-electron chi connectivity index (χ4n) is 2.92. The molecule has 0 aliphatic carbocycles. The van der Waals surface area contributed by atoms with Gasteiger partial charge in [-0.25, -0.2) is 4.39 Å². The van der Waals surface area contributed by atoms with Gasteiger partial charge >= 0.3 is 5.97 Å². The second kappa shape index (κ2) is 7.44. The minimum atomic E-state index is -0.384. The monoisotopic (exact) mass is 342 g/mol. The topological polar surface area (TPSA) is 67.4 Å². The molecule has 5 nitrogen and oxygen atoms in total. The zero-order valence-electron chi connectivity index (χ0n) is 13.8. The molecular formula is C19H19FN2O3. The van der Waals surface area contributed by atoms with Crippen molar-refractivity contribution in [3.63, 3.8) is 0 Å². The number of rotatable bonds is 4. The highest BCUT2D eigenvalue weighted by Crippen LogP contribution is 2.20. The first kappa shape index (κ1) is 17.1. The molecule has 1 heterocycles. The summed E-state index contributed by atoms with van der Waals surface area (Å²) < 4.78 is 18.0. The molecule has 2 atom stereocenters. The van der Waals surface area contributed by atoms with Gasteiger partial charge in [0.05, 0.1) is 7.11 Å². The van der Waals surface area contributed by atoms with Gasteiger partial charge in [0, 0.05) is 18.2 Å². The molecule has 1 saturated heterocycles. The molecule has 0 saturated carbocycles. The molecule has 1 aliphatic rings. The van der Waals surface area contributed by atoms with E-state index in [9.17, 15) is 14.0 Å². The Hall–Kier alpha value is -2.73. The fourth-order valence-corrected chi connectivity index (χ4v) is 2.92. The average molecular weight is 342 g/mol. The lowest BCUT2D eigenvalue weighted by molar-refractivity contribution is -0.142. The molecule has 6 heteroatoms. The number of esters is 1. The molecule has 130 valence electrons. The summed E-state index contributed by atoms with van der Waals surface area (Å²) in [7, 11) is 1.34. The van der Waals surface area contributed by atoms with E-state index < -0.39 is 0 Å². The summed E-state index contributed by atoms with van der Waals surface area (Å²) in [4.78, 5) is 23.8. The van der Waals surface area contributed by atoms with Gasteiger partial charge in [0.15, 0.2) is 0 Å². The third kappa shape index (κ3) is 4.03. The minimum absolute atomic E-state index is 0.125. The van der Waals surface area contributed by atoms with Crippen LogP contribution in [0.3, 0.4) is 0 Å². The van der Waals surface area contributed by atoms with Gasteiger partial charge in [-0.3, -0.25) is 9.59 Å². The number of carbonyl (C=O) groups excluding carboxylic acids is 2. The second-order valence-electron chi connectivity index (χ2n) is 5.98. The summed E-state index contributed by atoms with van der Waals surface area (Å²) in [6, 6.07) is 12.8. The summed E-state index contributed by atoms with van der Waals surface area (Å²) in [5.41, 5.74) is 2.11. The number of hydrogen-bond donors (Lipinski definition) is 2. The SMILES string of the molecule is COC(=O)[C@@H]1C[C@H](NC(=O)c2ccc(-c3cccc(F)c3)cc2)CN1. The second-order valence-corrected chi connectivity index (χ2v) is 5.98. The van der Waals surface area contributed by atoms with Crippen molar-refractivity contribution in [1.29, 1.82) is 0 Å². The number of carbonyl (C=O) groups is 2. The van der Waals surface area contributed by atoms with Crippen LogP contribution in [0.4, 0.5) is 4.39 Å². The van der Waals surface area contributed by atoms with Crippen LogP contribution in [-0.2, 0) is 9.53 Å².